The second kappa shape index (κ2) is 10.3. The summed E-state index contributed by atoms with van der Waals surface area (Å²) in [4.78, 5) is 8.39. The third-order valence-electron chi connectivity index (χ3n) is 4.12. The van der Waals surface area contributed by atoms with Gasteiger partial charge in [0.1, 0.15) is 0 Å². The number of hydrogen-bond donors (Lipinski definition) is 2. The molecule has 0 radical (unpaired) electrons. The quantitative estimate of drug-likeness (QED) is 0.351. The van der Waals surface area contributed by atoms with Gasteiger partial charge < -0.3 is 5.11 Å². The molecule has 3 rings (SSSR count). The molecule has 1 heterocycles. The van der Waals surface area contributed by atoms with Crippen molar-refractivity contribution in [2.45, 2.75) is 28.6 Å². The van der Waals surface area contributed by atoms with Gasteiger partial charge in [-0.15, -0.1) is 0 Å². The Hall–Kier alpha value is -1.78. The van der Waals surface area contributed by atoms with Crippen LogP contribution in [0.4, 0.5) is 0 Å². The second-order valence-corrected chi connectivity index (χ2v) is 9.90. The van der Waals surface area contributed by atoms with Crippen molar-refractivity contribution in [3.8, 4) is 0 Å². The number of aliphatic hydroxyl groups is 1. The molecule has 6 nitrogen and oxygen atoms in total. The van der Waals surface area contributed by atoms with E-state index in [1.807, 2.05) is 30.3 Å². The number of nitrogens with one attached hydrogen (secondary N) is 1. The van der Waals surface area contributed by atoms with Crippen LogP contribution >= 0.6 is 27.7 Å². The summed E-state index contributed by atoms with van der Waals surface area (Å²) in [5.41, 5.74) is 0.927. The molecule has 0 saturated carbocycles. The molecule has 2 N–H and O–H groups in total. The summed E-state index contributed by atoms with van der Waals surface area (Å²) in [6, 6.07) is 16.8. The monoisotopic (exact) mass is 493 g/mol. The van der Waals surface area contributed by atoms with Crippen molar-refractivity contribution in [2.75, 3.05) is 5.75 Å². The molecule has 9 heteroatoms. The molecule has 2 atom stereocenters. The van der Waals surface area contributed by atoms with E-state index in [4.69, 9.17) is 0 Å². The highest BCUT2D eigenvalue weighted by Gasteiger charge is 2.26. The zero-order valence-electron chi connectivity index (χ0n) is 15.3. The van der Waals surface area contributed by atoms with Gasteiger partial charge in [0, 0.05) is 22.6 Å². The van der Waals surface area contributed by atoms with Crippen LogP contribution in [-0.2, 0) is 16.4 Å². The van der Waals surface area contributed by atoms with Crippen LogP contribution in [-0.4, -0.2) is 41.4 Å². The third kappa shape index (κ3) is 6.61. The minimum Gasteiger partial charge on any atom is -0.391 e. The number of benzene rings is 2. The average Bonchev–Trinajstić information content (AvgIpc) is 2.73. The number of aromatic nitrogens is 2. The largest absolute Gasteiger partial charge is 0.391 e. The van der Waals surface area contributed by atoms with Crippen molar-refractivity contribution >= 4 is 37.7 Å². The van der Waals surface area contributed by atoms with E-state index in [1.165, 1.54) is 23.9 Å². The summed E-state index contributed by atoms with van der Waals surface area (Å²) >= 11 is 4.58. The van der Waals surface area contributed by atoms with E-state index in [1.54, 1.807) is 30.6 Å². The highest BCUT2D eigenvalue weighted by molar-refractivity contribution is 9.10. The van der Waals surface area contributed by atoms with Crippen LogP contribution in [0.1, 0.15) is 5.56 Å². The van der Waals surface area contributed by atoms with Gasteiger partial charge in [-0.25, -0.2) is 23.1 Å². The lowest BCUT2D eigenvalue weighted by molar-refractivity contribution is 0.160. The van der Waals surface area contributed by atoms with E-state index >= 15 is 0 Å². The fourth-order valence-electron chi connectivity index (χ4n) is 2.64. The van der Waals surface area contributed by atoms with E-state index in [0.29, 0.717) is 11.6 Å². The van der Waals surface area contributed by atoms with Crippen molar-refractivity contribution in [2.24, 2.45) is 0 Å². The van der Waals surface area contributed by atoms with Crippen LogP contribution in [0.15, 0.2) is 87.6 Å². The first-order chi connectivity index (χ1) is 13.9. The molecule has 0 fully saturated rings. The van der Waals surface area contributed by atoms with Crippen LogP contribution in [0, 0.1) is 0 Å². The first kappa shape index (κ1) is 21.9. The lowest BCUT2D eigenvalue weighted by atomic mass is 10.0. The van der Waals surface area contributed by atoms with Crippen LogP contribution in [0.3, 0.4) is 0 Å². The molecule has 2 aromatic carbocycles. The number of aliphatic hydroxyl groups excluding tert-OH is 1. The van der Waals surface area contributed by atoms with Crippen LogP contribution in [0.5, 0.6) is 0 Å². The number of halogens is 1. The molecule has 0 unspecified atom stereocenters. The first-order valence-electron chi connectivity index (χ1n) is 8.84. The van der Waals surface area contributed by atoms with E-state index in [2.05, 4.69) is 30.6 Å². The number of nitrogens with zero attached hydrogens (tertiary/aromatic N) is 2. The molecule has 0 aliphatic heterocycles. The molecule has 1 aromatic heterocycles. The number of hydrogen-bond acceptors (Lipinski definition) is 6. The number of rotatable bonds is 9. The maximum atomic E-state index is 12.9. The maximum Gasteiger partial charge on any atom is 0.240 e. The highest BCUT2D eigenvalue weighted by Crippen LogP contribution is 2.19. The van der Waals surface area contributed by atoms with E-state index in [-0.39, 0.29) is 10.6 Å². The van der Waals surface area contributed by atoms with Crippen molar-refractivity contribution < 1.29 is 13.5 Å². The van der Waals surface area contributed by atoms with Crippen molar-refractivity contribution in [1.82, 2.24) is 14.7 Å². The average molecular weight is 494 g/mol. The van der Waals surface area contributed by atoms with Gasteiger partial charge in [0.05, 0.1) is 17.0 Å². The lowest BCUT2D eigenvalue weighted by Crippen LogP contribution is -2.45. The van der Waals surface area contributed by atoms with E-state index < -0.39 is 22.2 Å². The molecule has 0 amide bonds. The zero-order chi connectivity index (χ0) is 20.7. The van der Waals surface area contributed by atoms with Crippen molar-refractivity contribution in [3.05, 3.63) is 83.1 Å². The van der Waals surface area contributed by atoms with Crippen LogP contribution in [0.25, 0.3) is 0 Å². The summed E-state index contributed by atoms with van der Waals surface area (Å²) in [6.07, 6.45) is 2.67. The predicted molar refractivity (Wildman–Crippen MR) is 117 cm³/mol. The zero-order valence-corrected chi connectivity index (χ0v) is 18.6. The summed E-state index contributed by atoms with van der Waals surface area (Å²) < 4.78 is 29.2. The van der Waals surface area contributed by atoms with Gasteiger partial charge in [-0.1, -0.05) is 58.0 Å². The smallest absolute Gasteiger partial charge is 0.240 e. The van der Waals surface area contributed by atoms with Gasteiger partial charge in [0.15, 0.2) is 5.16 Å². The second-order valence-electron chi connectivity index (χ2n) is 6.28. The molecule has 0 saturated heterocycles. The van der Waals surface area contributed by atoms with Gasteiger partial charge >= 0.3 is 0 Å². The van der Waals surface area contributed by atoms with Gasteiger partial charge in [-0.05, 0) is 42.3 Å². The molecule has 0 aliphatic rings. The molecular formula is C20H20BrN3O3S2. The Morgan fingerprint density at radius 2 is 1.66 bits per heavy atom. The van der Waals surface area contributed by atoms with Gasteiger partial charge in [0.2, 0.25) is 10.0 Å². The fraction of sp³-hybridized carbons (Fsp3) is 0.200. The summed E-state index contributed by atoms with van der Waals surface area (Å²) in [6.45, 7) is 0. The summed E-state index contributed by atoms with van der Waals surface area (Å²) in [5, 5.41) is 11.3. The van der Waals surface area contributed by atoms with Crippen LogP contribution in [0.2, 0.25) is 0 Å². The highest BCUT2D eigenvalue weighted by atomic mass is 79.9. The molecule has 0 bridgehead atoms. The summed E-state index contributed by atoms with van der Waals surface area (Å²) in [7, 11) is -3.80. The Bertz CT molecular complexity index is 1000. The molecule has 3 aromatic rings. The first-order valence-corrected chi connectivity index (χ1v) is 12.1. The molecule has 29 heavy (non-hydrogen) atoms. The Kier molecular flexibility index (Phi) is 7.79. The van der Waals surface area contributed by atoms with Crippen molar-refractivity contribution in [3.63, 3.8) is 0 Å². The molecule has 152 valence electrons. The molecular weight excluding hydrogens is 474 g/mol. The molecule has 0 aliphatic carbocycles. The van der Waals surface area contributed by atoms with Crippen LogP contribution < -0.4 is 4.72 Å². The SMILES string of the molecule is O=S(=O)(N[C@@H](Cc1ccccc1)[C@H](O)CSc1ncccn1)c1ccc(Br)cc1. The Balaban J connectivity index is 1.77. The predicted octanol–water partition coefficient (Wildman–Crippen LogP) is 3.28. The van der Waals surface area contributed by atoms with Crippen molar-refractivity contribution in [1.29, 1.82) is 0 Å². The summed E-state index contributed by atoms with van der Waals surface area (Å²) in [5.74, 6) is 0.254. The Morgan fingerprint density at radius 3 is 2.31 bits per heavy atom. The Labute approximate surface area is 183 Å². The van der Waals surface area contributed by atoms with E-state index in [0.717, 1.165) is 10.0 Å². The molecule has 0 spiro atoms. The van der Waals surface area contributed by atoms with Gasteiger partial charge in [-0.3, -0.25) is 0 Å². The number of sulfonamides is 1. The Morgan fingerprint density at radius 1 is 1.00 bits per heavy atom. The minimum atomic E-state index is -3.80. The topological polar surface area (TPSA) is 92.2 Å². The standard InChI is InChI=1S/C20H20BrN3O3S2/c21-16-7-9-17(10-8-16)29(26,27)24-18(13-15-5-2-1-3-6-15)19(25)14-28-20-22-11-4-12-23-20/h1-12,18-19,24-25H,13-14H2/t18-,19+/m0/s1. The van der Waals surface area contributed by atoms with Gasteiger partial charge in [0.25, 0.3) is 0 Å². The van der Waals surface area contributed by atoms with Gasteiger partial charge in [-0.2, -0.15) is 0 Å². The van der Waals surface area contributed by atoms with E-state index in [9.17, 15) is 13.5 Å². The lowest BCUT2D eigenvalue weighted by Gasteiger charge is -2.24. The third-order valence-corrected chi connectivity index (χ3v) is 7.13. The fourth-order valence-corrected chi connectivity index (χ4v) is 5.00. The minimum absolute atomic E-state index is 0.144. The number of thioether (sulfide) groups is 1. The normalized spacial score (nSPS) is 13.7. The maximum absolute atomic E-state index is 12.9.